The zero-order valence-corrected chi connectivity index (χ0v) is 16.2. The summed E-state index contributed by atoms with van der Waals surface area (Å²) in [6.45, 7) is 6.10. The van der Waals surface area contributed by atoms with Crippen LogP contribution in [0.15, 0.2) is 47.3 Å². The van der Waals surface area contributed by atoms with Gasteiger partial charge < -0.3 is 16.4 Å². The minimum Gasteiger partial charge on any atom is -0.383 e. The summed E-state index contributed by atoms with van der Waals surface area (Å²) in [4.78, 5) is 23.2. The van der Waals surface area contributed by atoms with Crippen molar-refractivity contribution in [3.05, 3.63) is 47.7 Å². The molecule has 136 valence electrons. The van der Waals surface area contributed by atoms with Crippen LogP contribution in [0.4, 0.5) is 17.3 Å². The Hall–Kier alpha value is -2.54. The molecule has 4 N–H and O–H groups in total. The van der Waals surface area contributed by atoms with Gasteiger partial charge in [0.25, 0.3) is 0 Å². The van der Waals surface area contributed by atoms with Gasteiger partial charge in [0.05, 0.1) is 5.25 Å². The topological polar surface area (TPSA) is 98.1 Å². The number of thioether (sulfide) groups is 1. The minimum atomic E-state index is -0.350. The van der Waals surface area contributed by atoms with Crippen molar-refractivity contribution in [2.75, 3.05) is 23.4 Å². The molecule has 1 unspecified atom stereocenters. The molecular weight excluding hydrogens is 346 g/mol. The Kier molecular flexibility index (Phi) is 4.66. The second-order valence-corrected chi connectivity index (χ2v) is 8.20. The van der Waals surface area contributed by atoms with Gasteiger partial charge in [-0.15, -0.1) is 0 Å². The van der Waals surface area contributed by atoms with E-state index in [1.165, 1.54) is 23.4 Å². The number of anilines is 3. The van der Waals surface area contributed by atoms with Gasteiger partial charge in [-0.25, -0.2) is 9.97 Å². The number of carbonyl (C=O) groups excluding carboxylic acids is 1. The fraction of sp³-hybridized carbons (Fsp3) is 0.316. The van der Waals surface area contributed by atoms with Crippen LogP contribution in [0.2, 0.25) is 0 Å². The molecule has 0 fully saturated rings. The molecule has 0 saturated heterocycles. The predicted molar refractivity (Wildman–Crippen MR) is 107 cm³/mol. The molecule has 0 radical (unpaired) electrons. The van der Waals surface area contributed by atoms with Gasteiger partial charge in [-0.3, -0.25) is 4.79 Å². The number of carbonyl (C=O) groups is 1. The van der Waals surface area contributed by atoms with Crippen LogP contribution >= 0.6 is 11.8 Å². The second kappa shape index (κ2) is 6.64. The molecule has 1 aromatic heterocycles. The number of nitrogen functional groups attached to an aromatic ring is 2. The fourth-order valence-corrected chi connectivity index (χ4v) is 4.06. The van der Waals surface area contributed by atoms with Crippen LogP contribution in [0.5, 0.6) is 0 Å². The highest BCUT2D eigenvalue weighted by molar-refractivity contribution is 8.00. The Balaban J connectivity index is 1.84. The van der Waals surface area contributed by atoms with Crippen molar-refractivity contribution in [1.82, 2.24) is 9.97 Å². The van der Waals surface area contributed by atoms with E-state index in [9.17, 15) is 4.79 Å². The fourth-order valence-electron chi connectivity index (χ4n) is 3.24. The van der Waals surface area contributed by atoms with Gasteiger partial charge in [-0.2, -0.15) is 0 Å². The number of hydrogen-bond acceptors (Lipinski definition) is 7. The summed E-state index contributed by atoms with van der Waals surface area (Å²) in [5.41, 5.74) is 14.5. The summed E-state index contributed by atoms with van der Waals surface area (Å²) < 4.78 is 0. The number of hydrogen-bond donors (Lipinski definition) is 2. The first-order valence-electron chi connectivity index (χ1n) is 8.36. The predicted octanol–water partition coefficient (Wildman–Crippen LogP) is 3.00. The molecule has 26 heavy (non-hydrogen) atoms. The quantitative estimate of drug-likeness (QED) is 0.485. The Morgan fingerprint density at radius 2 is 1.85 bits per heavy atom. The first kappa shape index (κ1) is 18.3. The van der Waals surface area contributed by atoms with E-state index in [4.69, 9.17) is 11.5 Å². The molecule has 6 nitrogen and oxygen atoms in total. The Morgan fingerprint density at radius 3 is 2.46 bits per heavy atom. The highest BCUT2D eigenvalue weighted by Crippen LogP contribution is 2.46. The van der Waals surface area contributed by atoms with Gasteiger partial charge >= 0.3 is 0 Å². The number of nitrogens with two attached hydrogens (primary N) is 2. The molecule has 0 spiro atoms. The molecule has 1 aromatic carbocycles. The van der Waals surface area contributed by atoms with Crippen molar-refractivity contribution in [2.24, 2.45) is 0 Å². The number of para-hydroxylation sites is 1. The van der Waals surface area contributed by atoms with E-state index >= 15 is 0 Å². The van der Waals surface area contributed by atoms with E-state index in [0.717, 1.165) is 11.4 Å². The van der Waals surface area contributed by atoms with Crippen molar-refractivity contribution in [3.63, 3.8) is 0 Å². The van der Waals surface area contributed by atoms with Gasteiger partial charge in [-0.05, 0) is 18.6 Å². The van der Waals surface area contributed by atoms with Crippen LogP contribution in [0.25, 0.3) is 0 Å². The van der Waals surface area contributed by atoms with Crippen molar-refractivity contribution >= 4 is 34.9 Å². The lowest BCUT2D eigenvalue weighted by molar-refractivity contribution is -0.114. The average molecular weight is 369 g/mol. The van der Waals surface area contributed by atoms with Crippen LogP contribution in [-0.2, 0) is 10.2 Å². The largest absolute Gasteiger partial charge is 0.383 e. The SMILES string of the molecule is CC(Sc1nc(N)cc(N)n1)C(=O)/C=C1/N(C)c2ccccc2C1(C)C. The van der Waals surface area contributed by atoms with Crippen LogP contribution in [-0.4, -0.2) is 28.0 Å². The third-order valence-electron chi connectivity index (χ3n) is 4.65. The van der Waals surface area contributed by atoms with Gasteiger partial charge in [0, 0.05) is 36.0 Å². The smallest absolute Gasteiger partial charge is 0.192 e. The zero-order chi connectivity index (χ0) is 19.1. The summed E-state index contributed by atoms with van der Waals surface area (Å²) in [5, 5.41) is 0.0562. The molecule has 3 rings (SSSR count). The number of fused-ring (bicyclic) bond motifs is 1. The standard InChI is InChI=1S/C19H23N5OS/c1-11(26-18-22-16(20)10-17(21)23-18)14(25)9-15-19(2,3)12-7-5-6-8-13(12)24(15)4/h5-11H,1-4H3,(H4,20,21,22,23)/b15-9+. The van der Waals surface area contributed by atoms with E-state index in [-0.39, 0.29) is 16.4 Å². The lowest BCUT2D eigenvalue weighted by Crippen LogP contribution is -2.25. The Bertz CT molecular complexity index is 873. The lowest BCUT2D eigenvalue weighted by atomic mass is 9.83. The van der Waals surface area contributed by atoms with Crippen LogP contribution < -0.4 is 16.4 Å². The summed E-state index contributed by atoms with van der Waals surface area (Å²) in [6.07, 6.45) is 1.73. The molecule has 2 aromatic rings. The molecule has 0 saturated carbocycles. The number of aromatic nitrogens is 2. The second-order valence-electron chi connectivity index (χ2n) is 6.89. The molecule has 1 aliphatic heterocycles. The number of rotatable bonds is 4. The Morgan fingerprint density at radius 1 is 1.23 bits per heavy atom. The Labute approximate surface area is 157 Å². The molecule has 0 aliphatic carbocycles. The molecule has 0 amide bonds. The number of likely N-dealkylation sites (N-methyl/N-ethyl adjacent to an activating group) is 1. The van der Waals surface area contributed by atoms with Crippen LogP contribution in [0.1, 0.15) is 26.3 Å². The third-order valence-corrected chi connectivity index (χ3v) is 5.63. The number of allylic oxidation sites excluding steroid dienone is 2. The third kappa shape index (κ3) is 3.26. The molecule has 0 bridgehead atoms. The monoisotopic (exact) mass is 369 g/mol. The summed E-state index contributed by atoms with van der Waals surface area (Å²) >= 11 is 1.25. The van der Waals surface area contributed by atoms with E-state index in [1.54, 1.807) is 6.08 Å². The average Bonchev–Trinajstić information content (AvgIpc) is 2.75. The van der Waals surface area contributed by atoms with Crippen molar-refractivity contribution in [3.8, 4) is 0 Å². The number of benzene rings is 1. The minimum absolute atomic E-state index is 0.00215. The van der Waals surface area contributed by atoms with Crippen LogP contribution in [0.3, 0.4) is 0 Å². The summed E-state index contributed by atoms with van der Waals surface area (Å²) in [6, 6.07) is 9.71. The van der Waals surface area contributed by atoms with Crippen molar-refractivity contribution in [2.45, 2.75) is 36.6 Å². The molecule has 7 heteroatoms. The first-order chi connectivity index (χ1) is 12.2. The summed E-state index contributed by atoms with van der Waals surface area (Å²) in [7, 11) is 1.99. The van der Waals surface area contributed by atoms with Crippen molar-refractivity contribution in [1.29, 1.82) is 0 Å². The number of nitrogens with zero attached hydrogens (tertiary/aromatic N) is 3. The zero-order valence-electron chi connectivity index (χ0n) is 15.4. The van der Waals surface area contributed by atoms with Crippen LogP contribution in [0, 0.1) is 0 Å². The maximum absolute atomic E-state index is 12.8. The van der Waals surface area contributed by atoms with Gasteiger partial charge in [-0.1, -0.05) is 43.8 Å². The van der Waals surface area contributed by atoms with E-state index < -0.39 is 0 Å². The maximum atomic E-state index is 12.8. The van der Waals surface area contributed by atoms with Gasteiger partial charge in [0.2, 0.25) is 0 Å². The molecular formula is C19H23N5OS. The highest BCUT2D eigenvalue weighted by Gasteiger charge is 2.38. The maximum Gasteiger partial charge on any atom is 0.192 e. The van der Waals surface area contributed by atoms with E-state index in [1.807, 2.05) is 26.1 Å². The lowest BCUT2D eigenvalue weighted by Gasteiger charge is -2.24. The highest BCUT2D eigenvalue weighted by atomic mass is 32.2. The van der Waals surface area contributed by atoms with E-state index in [0.29, 0.717) is 16.8 Å². The summed E-state index contributed by atoms with van der Waals surface area (Å²) in [5.74, 6) is 0.595. The van der Waals surface area contributed by atoms with Gasteiger partial charge in [0.1, 0.15) is 11.6 Å². The molecule has 2 heterocycles. The molecule has 1 aliphatic rings. The number of ketones is 1. The van der Waals surface area contributed by atoms with E-state index in [2.05, 4.69) is 40.8 Å². The first-order valence-corrected chi connectivity index (χ1v) is 9.24. The molecule has 1 atom stereocenters. The van der Waals surface area contributed by atoms with Gasteiger partial charge in [0.15, 0.2) is 10.9 Å². The van der Waals surface area contributed by atoms with Crippen molar-refractivity contribution < 1.29 is 4.79 Å². The normalized spacial score (nSPS) is 18.0.